The minimum Gasteiger partial charge on any atom is -0.508 e. The van der Waals surface area contributed by atoms with Crippen LogP contribution in [0.2, 0.25) is 0 Å². The molecule has 2 aromatic rings. The number of benzene rings is 2. The molecule has 37 heavy (non-hydrogen) atoms. The van der Waals surface area contributed by atoms with Crippen molar-refractivity contribution >= 4 is 29.5 Å². The molecule has 1 fully saturated rings. The standard InChI is InChI=1S/C27H23NO9/c1-37-19-5-2-11(10-29)6-15(19)14-3-4-17(30)21-16(14)8-12-7-13-9-18(31)22(26(28)35)25(34)27(13,36)24(33)20(12)23(21)32/h2-6,10,12-13,30,32,34,36H,7-9H2,1H3,(H2,28,35). The first kappa shape index (κ1) is 24.3. The van der Waals surface area contributed by atoms with Crippen LogP contribution in [0, 0.1) is 11.8 Å². The zero-order valence-electron chi connectivity index (χ0n) is 19.6. The van der Waals surface area contributed by atoms with E-state index in [4.69, 9.17) is 10.5 Å². The van der Waals surface area contributed by atoms with E-state index in [1.54, 1.807) is 24.3 Å². The number of phenols is 1. The predicted octanol–water partition coefficient (Wildman–Crippen LogP) is 1.91. The predicted molar refractivity (Wildman–Crippen MR) is 129 cm³/mol. The monoisotopic (exact) mass is 505 g/mol. The van der Waals surface area contributed by atoms with Crippen molar-refractivity contribution < 1.29 is 44.3 Å². The SMILES string of the molecule is COc1ccc(C=O)cc1-c1ccc(O)c2c1CC1CC3CC(=O)C(C(N)=O)=C(O)C3(O)C(=O)C1=C2O. The van der Waals surface area contributed by atoms with Gasteiger partial charge in [-0.15, -0.1) is 0 Å². The lowest BCUT2D eigenvalue weighted by atomic mass is 9.59. The molecule has 3 atom stereocenters. The van der Waals surface area contributed by atoms with E-state index in [1.807, 2.05) is 0 Å². The number of ketones is 2. The minimum absolute atomic E-state index is 0.0174. The summed E-state index contributed by atoms with van der Waals surface area (Å²) in [5.41, 5.74) is 3.41. The third-order valence-electron chi connectivity index (χ3n) is 7.60. The third-order valence-corrected chi connectivity index (χ3v) is 7.60. The number of Topliss-reactive ketones (excluding diaryl/α,β-unsaturated/α-hetero) is 2. The zero-order chi connectivity index (χ0) is 26.8. The number of carbonyl (C=O) groups is 4. The van der Waals surface area contributed by atoms with Crippen LogP contribution in [-0.2, 0) is 20.8 Å². The molecule has 6 N–H and O–H groups in total. The van der Waals surface area contributed by atoms with Crippen molar-refractivity contribution in [2.24, 2.45) is 17.6 Å². The van der Waals surface area contributed by atoms with Gasteiger partial charge in [-0.2, -0.15) is 0 Å². The molecule has 0 aromatic heterocycles. The Labute approximate surface area is 210 Å². The van der Waals surface area contributed by atoms with E-state index < -0.39 is 58.4 Å². The fourth-order valence-corrected chi connectivity index (χ4v) is 5.88. The lowest BCUT2D eigenvalue weighted by molar-refractivity contribution is -0.147. The van der Waals surface area contributed by atoms with Crippen LogP contribution in [0.5, 0.6) is 11.5 Å². The van der Waals surface area contributed by atoms with Gasteiger partial charge in [-0.05, 0) is 54.2 Å². The van der Waals surface area contributed by atoms with Gasteiger partial charge in [0.25, 0.3) is 5.91 Å². The topological polar surface area (TPSA) is 184 Å². The number of methoxy groups -OCH3 is 1. The van der Waals surface area contributed by atoms with Gasteiger partial charge >= 0.3 is 0 Å². The number of primary amides is 1. The van der Waals surface area contributed by atoms with Crippen LogP contribution in [-0.4, -0.2) is 56.9 Å². The van der Waals surface area contributed by atoms with Crippen LogP contribution in [0.1, 0.15) is 34.3 Å². The summed E-state index contributed by atoms with van der Waals surface area (Å²) in [5.74, 6) is -6.46. The van der Waals surface area contributed by atoms with E-state index in [9.17, 15) is 39.6 Å². The van der Waals surface area contributed by atoms with E-state index in [-0.39, 0.29) is 29.7 Å². The number of aldehydes is 1. The summed E-state index contributed by atoms with van der Waals surface area (Å²) < 4.78 is 5.46. The molecule has 2 aromatic carbocycles. The van der Waals surface area contributed by atoms with E-state index in [2.05, 4.69) is 0 Å². The Kier molecular flexibility index (Phi) is 5.45. The normalized spacial score (nSPS) is 24.8. The average molecular weight is 505 g/mol. The molecule has 10 heteroatoms. The molecule has 0 radical (unpaired) electrons. The molecule has 3 aliphatic carbocycles. The summed E-state index contributed by atoms with van der Waals surface area (Å²) in [6.07, 6.45) is 0.423. The number of aliphatic hydroxyl groups is 3. The molecule has 0 aliphatic heterocycles. The summed E-state index contributed by atoms with van der Waals surface area (Å²) in [7, 11) is 1.46. The average Bonchev–Trinajstić information content (AvgIpc) is 2.85. The summed E-state index contributed by atoms with van der Waals surface area (Å²) in [6, 6.07) is 7.74. The second-order valence-corrected chi connectivity index (χ2v) is 9.47. The van der Waals surface area contributed by atoms with Gasteiger partial charge in [0, 0.05) is 29.0 Å². The maximum atomic E-state index is 13.6. The first-order chi connectivity index (χ1) is 17.5. The van der Waals surface area contributed by atoms with Crippen LogP contribution < -0.4 is 10.5 Å². The Morgan fingerprint density at radius 3 is 2.49 bits per heavy atom. The van der Waals surface area contributed by atoms with Crippen molar-refractivity contribution in [3.05, 3.63) is 63.9 Å². The maximum absolute atomic E-state index is 13.6. The smallest absolute Gasteiger partial charge is 0.255 e. The van der Waals surface area contributed by atoms with Crippen molar-refractivity contribution in [3.63, 3.8) is 0 Å². The second-order valence-electron chi connectivity index (χ2n) is 9.47. The number of fused-ring (bicyclic) bond motifs is 3. The molecule has 1 saturated carbocycles. The second kappa shape index (κ2) is 8.31. The number of ether oxygens (including phenoxy) is 1. The number of hydrogen-bond donors (Lipinski definition) is 5. The van der Waals surface area contributed by atoms with E-state index in [0.717, 1.165) is 0 Å². The summed E-state index contributed by atoms with van der Waals surface area (Å²) >= 11 is 0. The van der Waals surface area contributed by atoms with Gasteiger partial charge in [0.15, 0.2) is 11.4 Å². The third kappa shape index (κ3) is 3.29. The molecule has 1 amide bonds. The first-order valence-corrected chi connectivity index (χ1v) is 11.5. The zero-order valence-corrected chi connectivity index (χ0v) is 19.6. The highest BCUT2D eigenvalue weighted by Crippen LogP contribution is 2.53. The molecule has 0 saturated heterocycles. The number of phenolic OH excluding ortho intramolecular Hbond substituents is 1. The van der Waals surface area contributed by atoms with Gasteiger partial charge in [-0.1, -0.05) is 6.07 Å². The molecular formula is C27H23NO9. The fourth-order valence-electron chi connectivity index (χ4n) is 5.88. The molecule has 190 valence electrons. The Balaban J connectivity index is 1.73. The Morgan fingerprint density at radius 1 is 1.11 bits per heavy atom. The molecule has 0 bridgehead atoms. The number of hydrogen-bond acceptors (Lipinski definition) is 9. The van der Waals surface area contributed by atoms with Crippen LogP contribution in [0.3, 0.4) is 0 Å². The quantitative estimate of drug-likeness (QED) is 0.306. The van der Waals surface area contributed by atoms with Gasteiger partial charge in [-0.25, -0.2) is 0 Å². The number of nitrogens with two attached hydrogens (primary N) is 1. The van der Waals surface area contributed by atoms with Gasteiger partial charge in [0.1, 0.15) is 34.9 Å². The van der Waals surface area contributed by atoms with Gasteiger partial charge in [-0.3, -0.25) is 19.2 Å². The minimum atomic E-state index is -2.62. The molecule has 0 heterocycles. The lowest BCUT2D eigenvalue weighted by Gasteiger charge is -2.46. The summed E-state index contributed by atoms with van der Waals surface area (Å²) in [6.45, 7) is 0. The first-order valence-electron chi connectivity index (χ1n) is 11.5. The van der Waals surface area contributed by atoms with Crippen molar-refractivity contribution in [3.8, 4) is 22.6 Å². The van der Waals surface area contributed by atoms with Crippen molar-refractivity contribution in [1.29, 1.82) is 0 Å². The highest BCUT2D eigenvalue weighted by Gasteiger charge is 2.60. The molecule has 3 unspecified atom stereocenters. The van der Waals surface area contributed by atoms with Crippen molar-refractivity contribution in [1.82, 2.24) is 0 Å². The number of carbonyl (C=O) groups excluding carboxylic acids is 4. The van der Waals surface area contributed by atoms with E-state index in [1.165, 1.54) is 13.2 Å². The number of aliphatic hydroxyl groups excluding tert-OH is 2. The van der Waals surface area contributed by atoms with Crippen molar-refractivity contribution in [2.45, 2.75) is 24.9 Å². The largest absolute Gasteiger partial charge is 0.508 e. The van der Waals surface area contributed by atoms with E-state index in [0.29, 0.717) is 34.3 Å². The van der Waals surface area contributed by atoms with Crippen LogP contribution >= 0.6 is 0 Å². The fraction of sp³-hybridized carbons (Fsp3) is 0.259. The van der Waals surface area contributed by atoms with E-state index >= 15 is 0 Å². The molecule has 5 rings (SSSR count). The Hall–Kier alpha value is -4.44. The van der Waals surface area contributed by atoms with Gasteiger partial charge in [0.05, 0.1) is 12.7 Å². The highest BCUT2D eigenvalue weighted by molar-refractivity contribution is 6.22. The number of aromatic hydroxyl groups is 1. The Bertz CT molecular complexity index is 1480. The Morgan fingerprint density at radius 2 is 1.84 bits per heavy atom. The van der Waals surface area contributed by atoms with Gasteiger partial charge in [0.2, 0.25) is 5.78 Å². The molecule has 3 aliphatic rings. The maximum Gasteiger partial charge on any atom is 0.255 e. The molecule has 10 nitrogen and oxygen atoms in total. The van der Waals surface area contributed by atoms with Crippen LogP contribution in [0.4, 0.5) is 0 Å². The van der Waals surface area contributed by atoms with Crippen LogP contribution in [0.15, 0.2) is 47.2 Å². The molecule has 0 spiro atoms. The number of rotatable bonds is 4. The van der Waals surface area contributed by atoms with Crippen molar-refractivity contribution in [2.75, 3.05) is 7.11 Å². The summed E-state index contributed by atoms with van der Waals surface area (Å²) in [4.78, 5) is 49.3. The lowest BCUT2D eigenvalue weighted by Crippen LogP contribution is -2.58. The van der Waals surface area contributed by atoms with Crippen LogP contribution in [0.25, 0.3) is 16.9 Å². The number of amides is 1. The van der Waals surface area contributed by atoms with Gasteiger partial charge < -0.3 is 30.9 Å². The summed E-state index contributed by atoms with van der Waals surface area (Å²) in [5, 5.41) is 43.9. The highest BCUT2D eigenvalue weighted by atomic mass is 16.5. The molecular weight excluding hydrogens is 482 g/mol.